The molecule has 1 heterocycles. The fourth-order valence-corrected chi connectivity index (χ4v) is 10.1. The standard InChI is InChI=1S/C59H41NO/c1-59(2)52-28-12-10-26-48(52)49-31-30-44(37-53(49)59)60(43-22-15-20-40(35-43)51-36-41-18-6-7-23-45(41)46-24-8-9-25-47(46)51)54-32-33-56-58(50-27-11-13-29-55(50)61-56)57(54)42-21-14-19-39(34-42)38-16-4-3-5-17-38/h3-37H,1-2H3. The van der Waals surface area contributed by atoms with Gasteiger partial charge >= 0.3 is 0 Å². The minimum atomic E-state index is -0.170. The molecule has 2 nitrogen and oxygen atoms in total. The first-order valence-corrected chi connectivity index (χ1v) is 21.2. The fourth-order valence-electron chi connectivity index (χ4n) is 10.1. The van der Waals surface area contributed by atoms with Crippen molar-refractivity contribution in [3.8, 4) is 44.5 Å². The van der Waals surface area contributed by atoms with E-state index in [1.807, 2.05) is 0 Å². The average molecular weight is 780 g/mol. The summed E-state index contributed by atoms with van der Waals surface area (Å²) in [5.74, 6) is 0. The Morgan fingerprint density at radius 2 is 1.03 bits per heavy atom. The fraction of sp³-hybridized carbons (Fsp3) is 0.0508. The minimum absolute atomic E-state index is 0.170. The van der Waals surface area contributed by atoms with Crippen LogP contribution in [-0.4, -0.2) is 0 Å². The molecule has 0 saturated heterocycles. The first-order chi connectivity index (χ1) is 30.0. The van der Waals surface area contributed by atoms with Crippen LogP contribution in [0.2, 0.25) is 0 Å². The lowest BCUT2D eigenvalue weighted by molar-refractivity contribution is 0.660. The van der Waals surface area contributed by atoms with Gasteiger partial charge in [0.2, 0.25) is 0 Å². The number of hydrogen-bond donors (Lipinski definition) is 0. The van der Waals surface area contributed by atoms with Gasteiger partial charge in [-0.3, -0.25) is 0 Å². The van der Waals surface area contributed by atoms with Crippen molar-refractivity contribution in [3.63, 3.8) is 0 Å². The molecule has 288 valence electrons. The molecule has 0 fully saturated rings. The largest absolute Gasteiger partial charge is 0.456 e. The molecule has 11 aromatic rings. The van der Waals surface area contributed by atoms with Crippen LogP contribution in [0.1, 0.15) is 25.0 Å². The lowest BCUT2D eigenvalue weighted by atomic mass is 9.82. The Balaban J connectivity index is 1.15. The van der Waals surface area contributed by atoms with Crippen LogP contribution in [-0.2, 0) is 5.41 Å². The van der Waals surface area contributed by atoms with Crippen LogP contribution in [0, 0.1) is 0 Å². The molecular formula is C59H41NO. The molecule has 0 spiro atoms. The predicted octanol–water partition coefficient (Wildman–Crippen LogP) is 16.7. The molecule has 0 saturated carbocycles. The number of fused-ring (bicyclic) bond motifs is 9. The zero-order chi connectivity index (χ0) is 40.7. The average Bonchev–Trinajstić information content (AvgIpc) is 3.81. The summed E-state index contributed by atoms with van der Waals surface area (Å²) >= 11 is 0. The normalized spacial score (nSPS) is 12.9. The third-order valence-corrected chi connectivity index (χ3v) is 13.0. The smallest absolute Gasteiger partial charge is 0.136 e. The van der Waals surface area contributed by atoms with Gasteiger partial charge in [-0.2, -0.15) is 0 Å². The monoisotopic (exact) mass is 779 g/mol. The van der Waals surface area contributed by atoms with Crippen molar-refractivity contribution < 1.29 is 4.42 Å². The minimum Gasteiger partial charge on any atom is -0.456 e. The van der Waals surface area contributed by atoms with E-state index in [-0.39, 0.29) is 5.41 Å². The van der Waals surface area contributed by atoms with E-state index in [1.165, 1.54) is 66.1 Å². The summed E-state index contributed by atoms with van der Waals surface area (Å²) in [5, 5.41) is 7.21. The van der Waals surface area contributed by atoms with Gasteiger partial charge in [0.1, 0.15) is 11.2 Å². The Morgan fingerprint density at radius 3 is 1.92 bits per heavy atom. The summed E-state index contributed by atoms with van der Waals surface area (Å²) in [6.45, 7) is 4.73. The molecule has 1 aromatic heterocycles. The second-order valence-corrected chi connectivity index (χ2v) is 16.9. The molecule has 0 atom stereocenters. The molecule has 0 N–H and O–H groups in total. The molecule has 1 aliphatic rings. The van der Waals surface area contributed by atoms with E-state index in [1.54, 1.807) is 0 Å². The second kappa shape index (κ2) is 13.7. The van der Waals surface area contributed by atoms with Crippen LogP contribution in [0.15, 0.2) is 217 Å². The van der Waals surface area contributed by atoms with Crippen LogP contribution in [0.3, 0.4) is 0 Å². The quantitative estimate of drug-likeness (QED) is 0.156. The van der Waals surface area contributed by atoms with E-state index >= 15 is 0 Å². The van der Waals surface area contributed by atoms with E-state index in [2.05, 4.69) is 231 Å². The molecule has 1 aliphatic carbocycles. The Kier molecular flexibility index (Phi) is 7.92. The van der Waals surface area contributed by atoms with Gasteiger partial charge in [0.25, 0.3) is 0 Å². The van der Waals surface area contributed by atoms with Crippen molar-refractivity contribution in [2.24, 2.45) is 0 Å². The van der Waals surface area contributed by atoms with Crippen molar-refractivity contribution in [2.45, 2.75) is 19.3 Å². The van der Waals surface area contributed by atoms with Gasteiger partial charge in [-0.05, 0) is 126 Å². The molecule has 0 unspecified atom stereocenters. The number of anilines is 3. The molecule has 2 heteroatoms. The Hall–Kier alpha value is -7.68. The maximum Gasteiger partial charge on any atom is 0.136 e. The lowest BCUT2D eigenvalue weighted by Crippen LogP contribution is -2.17. The van der Waals surface area contributed by atoms with Crippen LogP contribution in [0.5, 0.6) is 0 Å². The van der Waals surface area contributed by atoms with Crippen LogP contribution in [0.25, 0.3) is 88.0 Å². The second-order valence-electron chi connectivity index (χ2n) is 16.9. The van der Waals surface area contributed by atoms with Gasteiger partial charge in [0.15, 0.2) is 0 Å². The molecule has 0 radical (unpaired) electrons. The zero-order valence-electron chi connectivity index (χ0n) is 34.1. The van der Waals surface area contributed by atoms with Crippen molar-refractivity contribution in [1.29, 1.82) is 0 Å². The van der Waals surface area contributed by atoms with Crippen molar-refractivity contribution >= 4 is 60.5 Å². The molecule has 0 aliphatic heterocycles. The van der Waals surface area contributed by atoms with Gasteiger partial charge in [0, 0.05) is 33.1 Å². The molecule has 12 rings (SSSR count). The van der Waals surface area contributed by atoms with Gasteiger partial charge in [-0.1, -0.05) is 172 Å². The van der Waals surface area contributed by atoms with Gasteiger partial charge in [-0.15, -0.1) is 0 Å². The topological polar surface area (TPSA) is 16.4 Å². The van der Waals surface area contributed by atoms with E-state index in [0.717, 1.165) is 50.1 Å². The Labute approximate surface area is 355 Å². The first kappa shape index (κ1) is 35.3. The molecular weight excluding hydrogens is 739 g/mol. The van der Waals surface area contributed by atoms with Crippen molar-refractivity contribution in [1.82, 2.24) is 0 Å². The molecule has 0 bridgehead atoms. The van der Waals surface area contributed by atoms with Gasteiger partial charge in [-0.25, -0.2) is 0 Å². The highest BCUT2D eigenvalue weighted by Crippen LogP contribution is 2.53. The number of rotatable bonds is 6. The summed E-state index contributed by atoms with van der Waals surface area (Å²) in [6.07, 6.45) is 0. The van der Waals surface area contributed by atoms with Crippen LogP contribution >= 0.6 is 0 Å². The number of para-hydroxylation sites is 1. The molecule has 61 heavy (non-hydrogen) atoms. The molecule has 0 amide bonds. The van der Waals surface area contributed by atoms with Gasteiger partial charge < -0.3 is 9.32 Å². The third kappa shape index (κ3) is 5.56. The summed E-state index contributed by atoms with van der Waals surface area (Å²) < 4.78 is 6.63. The summed E-state index contributed by atoms with van der Waals surface area (Å²) in [6, 6.07) is 77.6. The predicted molar refractivity (Wildman–Crippen MR) is 257 cm³/mol. The number of furan rings is 1. The molecule has 10 aromatic carbocycles. The van der Waals surface area contributed by atoms with Crippen molar-refractivity contribution in [2.75, 3.05) is 4.90 Å². The Bertz CT molecular complexity index is 3520. The van der Waals surface area contributed by atoms with Crippen LogP contribution < -0.4 is 4.90 Å². The maximum atomic E-state index is 6.63. The highest BCUT2D eigenvalue weighted by molar-refractivity contribution is 6.17. The zero-order valence-corrected chi connectivity index (χ0v) is 34.1. The van der Waals surface area contributed by atoms with E-state index in [0.29, 0.717) is 0 Å². The van der Waals surface area contributed by atoms with E-state index in [9.17, 15) is 0 Å². The highest BCUT2D eigenvalue weighted by atomic mass is 16.3. The number of nitrogens with zero attached hydrogens (tertiary/aromatic N) is 1. The summed E-state index contributed by atoms with van der Waals surface area (Å²) in [7, 11) is 0. The summed E-state index contributed by atoms with van der Waals surface area (Å²) in [5.41, 5.74) is 17.1. The van der Waals surface area contributed by atoms with Crippen LogP contribution in [0.4, 0.5) is 17.1 Å². The SMILES string of the molecule is CC1(C)c2ccccc2-c2ccc(N(c3cccc(-c4cc5ccccc5c5ccccc45)c3)c3ccc4oc5ccccc5c4c3-c3cccc(-c4ccccc4)c3)cc21. The van der Waals surface area contributed by atoms with Gasteiger partial charge in [0.05, 0.1) is 5.69 Å². The third-order valence-electron chi connectivity index (χ3n) is 13.0. The number of benzene rings is 10. The lowest BCUT2D eigenvalue weighted by Gasteiger charge is -2.30. The first-order valence-electron chi connectivity index (χ1n) is 21.2. The Morgan fingerprint density at radius 1 is 0.377 bits per heavy atom. The van der Waals surface area contributed by atoms with Crippen molar-refractivity contribution in [3.05, 3.63) is 223 Å². The number of hydrogen-bond acceptors (Lipinski definition) is 2. The van der Waals surface area contributed by atoms with E-state index in [4.69, 9.17) is 4.42 Å². The highest BCUT2D eigenvalue weighted by Gasteiger charge is 2.36. The summed E-state index contributed by atoms with van der Waals surface area (Å²) in [4.78, 5) is 2.48. The van der Waals surface area contributed by atoms with E-state index < -0.39 is 0 Å². The maximum absolute atomic E-state index is 6.63.